The van der Waals surface area contributed by atoms with E-state index in [1.807, 2.05) is 0 Å². The number of aliphatic carboxylic acids is 1. The zero-order valence-electron chi connectivity index (χ0n) is 12.3. The van der Waals surface area contributed by atoms with Crippen LogP contribution in [0.1, 0.15) is 10.4 Å². The van der Waals surface area contributed by atoms with Crippen molar-refractivity contribution in [1.29, 1.82) is 0 Å². The van der Waals surface area contributed by atoms with Crippen molar-refractivity contribution in [3.05, 3.63) is 29.8 Å². The summed E-state index contributed by atoms with van der Waals surface area (Å²) in [5.41, 5.74) is 0.182. The van der Waals surface area contributed by atoms with Crippen molar-refractivity contribution in [2.75, 3.05) is 20.2 Å². The molecule has 1 atom stereocenters. The number of hydrogen-bond donors (Lipinski definition) is 3. The minimum absolute atomic E-state index is 0.0374. The van der Waals surface area contributed by atoms with Gasteiger partial charge in [0.05, 0.1) is 18.0 Å². The number of sulfonamides is 1. The molecular weight excluding hydrogens is 324 g/mol. The summed E-state index contributed by atoms with van der Waals surface area (Å²) in [6, 6.07) is 5.11. The van der Waals surface area contributed by atoms with E-state index in [1.165, 1.54) is 31.4 Å². The standard InChI is InChI=1S/C14H16N2O6S/c1-3-8-16-23(20,21)11-6-4-10(5-7-11)13(17)15-9-12(22-2)14(18)19/h1,4-7,12,16H,8-9H2,2H3,(H,15,17)(H,18,19). The average Bonchev–Trinajstić information content (AvgIpc) is 2.53. The van der Waals surface area contributed by atoms with E-state index in [-0.39, 0.29) is 23.5 Å². The molecule has 0 saturated heterocycles. The minimum atomic E-state index is -3.73. The maximum atomic E-state index is 11.9. The van der Waals surface area contributed by atoms with Crippen molar-refractivity contribution in [2.24, 2.45) is 0 Å². The van der Waals surface area contributed by atoms with E-state index in [0.29, 0.717) is 0 Å². The summed E-state index contributed by atoms with van der Waals surface area (Å²) in [6.45, 7) is -0.355. The summed E-state index contributed by atoms with van der Waals surface area (Å²) >= 11 is 0. The van der Waals surface area contributed by atoms with Gasteiger partial charge < -0.3 is 15.2 Å². The largest absolute Gasteiger partial charge is 0.479 e. The van der Waals surface area contributed by atoms with Crippen LogP contribution in [0.4, 0.5) is 0 Å². The maximum absolute atomic E-state index is 11.9. The maximum Gasteiger partial charge on any atom is 0.334 e. The molecule has 0 heterocycles. The van der Waals surface area contributed by atoms with Crippen molar-refractivity contribution in [3.8, 4) is 12.3 Å². The Balaban J connectivity index is 2.75. The Labute approximate surface area is 133 Å². The van der Waals surface area contributed by atoms with Crippen LogP contribution in [0.3, 0.4) is 0 Å². The number of nitrogens with one attached hydrogen (secondary N) is 2. The van der Waals surface area contributed by atoms with Gasteiger partial charge in [-0.15, -0.1) is 6.42 Å². The molecule has 0 saturated carbocycles. The number of hydrogen-bond acceptors (Lipinski definition) is 5. The molecule has 1 amide bonds. The van der Waals surface area contributed by atoms with Crippen LogP contribution in [0.5, 0.6) is 0 Å². The Morgan fingerprint density at radius 2 is 1.96 bits per heavy atom. The molecule has 0 aliphatic carbocycles. The first-order chi connectivity index (χ1) is 10.8. The summed E-state index contributed by atoms with van der Waals surface area (Å²) in [6.07, 6.45) is 3.83. The smallest absolute Gasteiger partial charge is 0.334 e. The molecule has 0 aliphatic heterocycles. The Kier molecular flexibility index (Phi) is 6.71. The third-order valence-electron chi connectivity index (χ3n) is 2.80. The van der Waals surface area contributed by atoms with Crippen LogP contribution in [-0.4, -0.2) is 51.7 Å². The van der Waals surface area contributed by atoms with Gasteiger partial charge in [0.25, 0.3) is 5.91 Å². The number of methoxy groups -OCH3 is 1. The van der Waals surface area contributed by atoms with E-state index in [4.69, 9.17) is 11.5 Å². The lowest BCUT2D eigenvalue weighted by molar-refractivity contribution is -0.148. The number of ether oxygens (including phenoxy) is 1. The number of rotatable bonds is 8. The summed E-state index contributed by atoms with van der Waals surface area (Å²) in [5, 5.41) is 11.2. The highest BCUT2D eigenvalue weighted by Gasteiger charge is 2.18. The molecule has 3 N–H and O–H groups in total. The SMILES string of the molecule is C#CCNS(=O)(=O)c1ccc(C(=O)NCC(OC)C(=O)O)cc1. The van der Waals surface area contributed by atoms with Gasteiger partial charge in [-0.3, -0.25) is 4.79 Å². The zero-order valence-corrected chi connectivity index (χ0v) is 13.1. The van der Waals surface area contributed by atoms with Crippen LogP contribution in [0.25, 0.3) is 0 Å². The molecule has 1 aromatic carbocycles. The average molecular weight is 340 g/mol. The van der Waals surface area contributed by atoms with Gasteiger partial charge in [-0.25, -0.2) is 13.2 Å². The van der Waals surface area contributed by atoms with Gasteiger partial charge in [0.2, 0.25) is 10.0 Å². The molecule has 0 radical (unpaired) electrons. The number of terminal acetylenes is 1. The predicted octanol–water partition coefficient (Wildman–Crippen LogP) is -0.572. The van der Waals surface area contributed by atoms with Crippen LogP contribution in [0.2, 0.25) is 0 Å². The minimum Gasteiger partial charge on any atom is -0.479 e. The molecule has 0 aromatic heterocycles. The van der Waals surface area contributed by atoms with Crippen molar-refractivity contribution in [2.45, 2.75) is 11.0 Å². The molecule has 0 spiro atoms. The molecule has 23 heavy (non-hydrogen) atoms. The molecule has 1 unspecified atom stereocenters. The molecule has 0 fully saturated rings. The second-order valence-electron chi connectivity index (χ2n) is 4.33. The topological polar surface area (TPSA) is 122 Å². The second kappa shape index (κ2) is 8.28. The quantitative estimate of drug-likeness (QED) is 0.545. The van der Waals surface area contributed by atoms with E-state index >= 15 is 0 Å². The van der Waals surface area contributed by atoms with Gasteiger partial charge in [0, 0.05) is 12.7 Å². The normalized spacial score (nSPS) is 12.2. The van der Waals surface area contributed by atoms with Crippen molar-refractivity contribution >= 4 is 21.9 Å². The molecule has 9 heteroatoms. The molecule has 8 nitrogen and oxygen atoms in total. The van der Waals surface area contributed by atoms with Gasteiger partial charge in [-0.2, -0.15) is 4.72 Å². The highest BCUT2D eigenvalue weighted by Crippen LogP contribution is 2.10. The predicted molar refractivity (Wildman–Crippen MR) is 81.2 cm³/mol. The Morgan fingerprint density at radius 3 is 2.43 bits per heavy atom. The third kappa shape index (κ3) is 5.37. The van der Waals surface area contributed by atoms with Crippen LogP contribution >= 0.6 is 0 Å². The van der Waals surface area contributed by atoms with E-state index in [9.17, 15) is 18.0 Å². The lowest BCUT2D eigenvalue weighted by Crippen LogP contribution is -2.37. The summed E-state index contributed by atoms with van der Waals surface area (Å²) in [4.78, 5) is 22.6. The van der Waals surface area contributed by atoms with Crippen LogP contribution in [0, 0.1) is 12.3 Å². The number of carboxylic acids is 1. The third-order valence-corrected chi connectivity index (χ3v) is 4.22. The van der Waals surface area contributed by atoms with E-state index in [2.05, 4.69) is 20.7 Å². The van der Waals surface area contributed by atoms with Crippen molar-refractivity contribution in [1.82, 2.24) is 10.0 Å². The number of carboxylic acid groups (broad SMARTS) is 1. The first-order valence-electron chi connectivity index (χ1n) is 6.39. The molecular formula is C14H16N2O6S. The second-order valence-corrected chi connectivity index (χ2v) is 6.09. The monoisotopic (exact) mass is 340 g/mol. The Hall–Kier alpha value is -2.41. The molecule has 0 bridgehead atoms. The summed E-state index contributed by atoms with van der Waals surface area (Å²) in [5.74, 6) is 0.403. The van der Waals surface area contributed by atoms with Gasteiger partial charge in [0.15, 0.2) is 6.10 Å². The first-order valence-corrected chi connectivity index (χ1v) is 7.87. The van der Waals surface area contributed by atoms with E-state index in [1.54, 1.807) is 0 Å². The van der Waals surface area contributed by atoms with Crippen LogP contribution in [-0.2, 0) is 19.6 Å². The lowest BCUT2D eigenvalue weighted by atomic mass is 10.2. The fourth-order valence-electron chi connectivity index (χ4n) is 1.56. The molecule has 1 aromatic rings. The number of carbonyl (C=O) groups is 2. The van der Waals surface area contributed by atoms with Gasteiger partial charge in [0.1, 0.15) is 0 Å². The highest BCUT2D eigenvalue weighted by molar-refractivity contribution is 7.89. The number of carbonyl (C=O) groups excluding carboxylic acids is 1. The Morgan fingerprint density at radius 1 is 1.35 bits per heavy atom. The molecule has 124 valence electrons. The Bertz CT molecular complexity index is 706. The van der Waals surface area contributed by atoms with E-state index < -0.39 is 28.0 Å². The summed E-state index contributed by atoms with van der Waals surface area (Å²) in [7, 11) is -2.51. The fraction of sp³-hybridized carbons (Fsp3) is 0.286. The lowest BCUT2D eigenvalue weighted by Gasteiger charge is -2.11. The van der Waals surface area contributed by atoms with Crippen molar-refractivity contribution in [3.63, 3.8) is 0 Å². The molecule has 1 rings (SSSR count). The van der Waals surface area contributed by atoms with Gasteiger partial charge in [-0.1, -0.05) is 5.92 Å². The van der Waals surface area contributed by atoms with Crippen LogP contribution < -0.4 is 10.0 Å². The number of amides is 1. The zero-order chi connectivity index (χ0) is 17.5. The fourth-order valence-corrected chi connectivity index (χ4v) is 2.50. The number of benzene rings is 1. The van der Waals surface area contributed by atoms with Crippen molar-refractivity contribution < 1.29 is 27.9 Å². The first kappa shape index (κ1) is 18.6. The highest BCUT2D eigenvalue weighted by atomic mass is 32.2. The van der Waals surface area contributed by atoms with Gasteiger partial charge in [-0.05, 0) is 24.3 Å². The van der Waals surface area contributed by atoms with E-state index in [0.717, 1.165) is 0 Å². The molecule has 0 aliphatic rings. The van der Waals surface area contributed by atoms with Gasteiger partial charge >= 0.3 is 5.97 Å². The summed E-state index contributed by atoms with van der Waals surface area (Å²) < 4.78 is 30.5. The van der Waals surface area contributed by atoms with Crippen LogP contribution in [0.15, 0.2) is 29.2 Å².